The third-order valence-electron chi connectivity index (χ3n) is 14.6. The number of carboxylic acids is 4. The van der Waals surface area contributed by atoms with Crippen molar-refractivity contribution in [1.29, 1.82) is 0 Å². The van der Waals surface area contributed by atoms with E-state index in [0.717, 1.165) is 92.4 Å². The van der Waals surface area contributed by atoms with Crippen molar-refractivity contribution in [2.24, 2.45) is 0 Å². The van der Waals surface area contributed by atoms with Crippen molar-refractivity contribution in [2.45, 2.75) is 294 Å². The number of hydrogen-bond donors (Lipinski definition) is 8. The molecule has 480 valence electrons. The molecule has 0 amide bonds. The fourth-order valence-electron chi connectivity index (χ4n) is 9.70. The van der Waals surface area contributed by atoms with E-state index in [1.54, 1.807) is 0 Å². The number of aryl methyl sites for hydroxylation is 4. The van der Waals surface area contributed by atoms with Crippen molar-refractivity contribution in [3.05, 3.63) is 115 Å². The Labute approximate surface area is 514 Å². The summed E-state index contributed by atoms with van der Waals surface area (Å²) in [6, 6.07) is 16.2. The lowest BCUT2D eigenvalue weighted by Crippen LogP contribution is -2.18. The molecule has 0 unspecified atom stereocenters. The van der Waals surface area contributed by atoms with Crippen LogP contribution in [-0.4, -0.2) is 64.7 Å². The minimum absolute atomic E-state index is 0. The largest absolute Gasteiger partial charge is 0.507 e. The van der Waals surface area contributed by atoms with Crippen LogP contribution in [-0.2, 0) is 88.2 Å². The van der Waals surface area contributed by atoms with Crippen LogP contribution in [0.5, 0.6) is 23.0 Å². The zero-order valence-electron chi connectivity index (χ0n) is 56.3. The summed E-state index contributed by atoms with van der Waals surface area (Å²) in [5, 5.41) is 77.5. The molecule has 0 atom stereocenters. The Morgan fingerprint density at radius 3 is 0.447 bits per heavy atom. The van der Waals surface area contributed by atoms with Gasteiger partial charge in [0, 0.05) is 25.7 Å². The number of aliphatic carboxylic acids is 4. The van der Waals surface area contributed by atoms with Crippen molar-refractivity contribution in [3.63, 3.8) is 0 Å². The van der Waals surface area contributed by atoms with Crippen LogP contribution in [0.3, 0.4) is 0 Å². The third kappa shape index (κ3) is 26.6. The van der Waals surface area contributed by atoms with Gasteiger partial charge in [0.1, 0.15) is 23.0 Å². The Kier molecular flexibility index (Phi) is 28.8. The molecule has 12 nitrogen and oxygen atoms in total. The van der Waals surface area contributed by atoms with E-state index in [0.29, 0.717) is 48.7 Å². The molecule has 0 aromatic heterocycles. The quantitative estimate of drug-likeness (QED) is 0.0524. The van der Waals surface area contributed by atoms with Gasteiger partial charge in [0.05, 0.1) is 0 Å². The Balaban J connectivity index is 0.00000110. The number of phenolic OH excluding ortho intramolecular Hbond substituents is 4. The topological polar surface area (TPSA) is 230 Å². The maximum Gasteiger partial charge on any atom is 0.303 e. The van der Waals surface area contributed by atoms with Gasteiger partial charge in [0.15, 0.2) is 0 Å². The zero-order valence-corrected chi connectivity index (χ0v) is 56.3. The molecular weight excluding hydrogens is 1070 g/mol. The van der Waals surface area contributed by atoms with Gasteiger partial charge in [-0.25, -0.2) is 0 Å². The highest BCUT2D eigenvalue weighted by molar-refractivity contribution is 5.68. The van der Waals surface area contributed by atoms with Crippen molar-refractivity contribution < 1.29 is 60.0 Å². The van der Waals surface area contributed by atoms with E-state index in [1.807, 2.05) is 48.5 Å². The van der Waals surface area contributed by atoms with E-state index >= 15 is 0 Å². The molecule has 0 aliphatic rings. The van der Waals surface area contributed by atoms with Crippen LogP contribution < -0.4 is 0 Å². The lowest BCUT2D eigenvalue weighted by atomic mass is 9.78. The normalized spacial score (nSPS) is 12.3. The number of carboxylic acid groups (broad SMARTS) is 4. The number of carbonyl (C=O) groups is 4. The summed E-state index contributed by atoms with van der Waals surface area (Å²) in [5.41, 5.74) is 10.7. The summed E-state index contributed by atoms with van der Waals surface area (Å²) in [6.07, 6.45) is 6.07. The maximum absolute atomic E-state index is 10.7. The summed E-state index contributed by atoms with van der Waals surface area (Å²) in [4.78, 5) is 42.6. The number of hydrogen-bond acceptors (Lipinski definition) is 8. The SMILES string of the molecule is C.CC(C)(C)c1cc(CCCC(=O)O)cc(C(C)(C)C)c1O.CC(C)(C)c1cc(CCCC(=O)O)cc(C(C)(C)C)c1O.CC(C)(C)c1cc(CCCC(=O)O)cc(C(C)(C)C)c1O.CC(C)(C)c1cc(CCCC(=O)O)cc(C(C)(C)C)c1O. The van der Waals surface area contributed by atoms with Gasteiger partial charge in [-0.3, -0.25) is 19.2 Å². The van der Waals surface area contributed by atoms with E-state index in [4.69, 9.17) is 20.4 Å². The summed E-state index contributed by atoms with van der Waals surface area (Å²) in [7, 11) is 0. The molecule has 0 heterocycles. The second-order valence-corrected chi connectivity index (χ2v) is 31.1. The van der Waals surface area contributed by atoms with Crippen molar-refractivity contribution in [1.82, 2.24) is 0 Å². The molecule has 0 aliphatic carbocycles. The molecule has 4 rings (SSSR count). The highest BCUT2D eigenvalue weighted by Gasteiger charge is 2.31. The fraction of sp³-hybridized carbons (Fsp3) is 0.616. The standard InChI is InChI=1S/4C18H28O3.CH4/c4*1-17(2,3)13-10-12(8-7-9-15(19)20)11-14(16(13)21)18(4,5)6;/h4*10-11,21H,7-9H2,1-6H3,(H,19,20);1H4. The lowest BCUT2D eigenvalue weighted by molar-refractivity contribution is -0.138. The van der Waals surface area contributed by atoms with Crippen LogP contribution in [0.2, 0.25) is 0 Å². The molecule has 8 N–H and O–H groups in total. The van der Waals surface area contributed by atoms with Gasteiger partial charge in [-0.05, 0) is 161 Å². The van der Waals surface area contributed by atoms with Crippen molar-refractivity contribution in [3.8, 4) is 23.0 Å². The van der Waals surface area contributed by atoms with Crippen LogP contribution >= 0.6 is 0 Å². The number of benzene rings is 4. The van der Waals surface area contributed by atoms with E-state index in [2.05, 4.69) is 166 Å². The molecule has 0 bridgehead atoms. The summed E-state index contributed by atoms with van der Waals surface area (Å²) in [6.45, 7) is 49.9. The molecule has 0 aliphatic heterocycles. The highest BCUT2D eigenvalue weighted by Crippen LogP contribution is 2.44. The van der Waals surface area contributed by atoms with E-state index in [-0.39, 0.29) is 76.4 Å². The van der Waals surface area contributed by atoms with Gasteiger partial charge in [-0.15, -0.1) is 0 Å². The lowest BCUT2D eigenvalue weighted by Gasteiger charge is -2.28. The average Bonchev–Trinajstić information content (AvgIpc) is 3.51. The Morgan fingerprint density at radius 2 is 0.365 bits per heavy atom. The molecule has 4 aromatic carbocycles. The van der Waals surface area contributed by atoms with E-state index in [9.17, 15) is 39.6 Å². The molecule has 0 saturated carbocycles. The highest BCUT2D eigenvalue weighted by atomic mass is 16.4. The molecule has 12 heteroatoms. The fourth-order valence-corrected chi connectivity index (χ4v) is 9.70. The Bertz CT molecular complexity index is 2320. The summed E-state index contributed by atoms with van der Waals surface area (Å²) in [5.74, 6) is -1.56. The molecule has 0 radical (unpaired) electrons. The first-order valence-corrected chi connectivity index (χ1v) is 30.1. The van der Waals surface area contributed by atoms with Crippen LogP contribution in [0.25, 0.3) is 0 Å². The molecule has 0 spiro atoms. The maximum atomic E-state index is 10.7. The summed E-state index contributed by atoms with van der Waals surface area (Å²) < 4.78 is 0. The Hall–Kier alpha value is -6.04. The Morgan fingerprint density at radius 1 is 0.259 bits per heavy atom. The minimum atomic E-state index is -0.763. The average molecular weight is 1190 g/mol. The number of phenols is 4. The zero-order chi connectivity index (χ0) is 65.7. The van der Waals surface area contributed by atoms with Crippen LogP contribution in [0.1, 0.15) is 292 Å². The van der Waals surface area contributed by atoms with E-state index in [1.165, 1.54) is 0 Å². The van der Waals surface area contributed by atoms with Gasteiger partial charge in [-0.2, -0.15) is 0 Å². The molecule has 85 heavy (non-hydrogen) atoms. The predicted molar refractivity (Wildman–Crippen MR) is 351 cm³/mol. The molecule has 0 fully saturated rings. The molecule has 0 saturated heterocycles. The number of aromatic hydroxyl groups is 4. The van der Waals surface area contributed by atoms with E-state index < -0.39 is 23.9 Å². The first-order chi connectivity index (χ1) is 37.7. The van der Waals surface area contributed by atoms with Gasteiger partial charge in [-0.1, -0.05) is 222 Å². The second kappa shape index (κ2) is 31.0. The van der Waals surface area contributed by atoms with Gasteiger partial charge >= 0.3 is 23.9 Å². The van der Waals surface area contributed by atoms with Crippen molar-refractivity contribution in [2.75, 3.05) is 0 Å². The molecular formula is C73H116O12. The monoisotopic (exact) mass is 1180 g/mol. The van der Waals surface area contributed by atoms with Crippen LogP contribution in [0.4, 0.5) is 0 Å². The van der Waals surface area contributed by atoms with Crippen molar-refractivity contribution >= 4 is 23.9 Å². The third-order valence-corrected chi connectivity index (χ3v) is 14.6. The smallest absolute Gasteiger partial charge is 0.303 e. The van der Waals surface area contributed by atoms with Gasteiger partial charge in [0.2, 0.25) is 0 Å². The van der Waals surface area contributed by atoms with Crippen LogP contribution in [0, 0.1) is 0 Å². The second-order valence-electron chi connectivity index (χ2n) is 31.1. The predicted octanol–water partition coefficient (Wildman–Crippen LogP) is 18.2. The first-order valence-electron chi connectivity index (χ1n) is 30.1. The first kappa shape index (κ1) is 79.0. The van der Waals surface area contributed by atoms with Crippen LogP contribution in [0.15, 0.2) is 48.5 Å². The van der Waals surface area contributed by atoms with Gasteiger partial charge < -0.3 is 40.9 Å². The minimum Gasteiger partial charge on any atom is -0.507 e. The molecule has 4 aromatic rings. The summed E-state index contributed by atoms with van der Waals surface area (Å²) >= 11 is 0. The number of rotatable bonds is 16. The van der Waals surface area contributed by atoms with Gasteiger partial charge in [0.25, 0.3) is 0 Å².